The van der Waals surface area contributed by atoms with Crippen molar-refractivity contribution in [2.24, 2.45) is 0 Å². The van der Waals surface area contributed by atoms with Gasteiger partial charge in [0.05, 0.1) is 5.25 Å². The number of carbonyl (C=O) groups is 2. The molecule has 3 amide bonds. The Morgan fingerprint density at radius 3 is 2.14 bits per heavy atom. The number of amides is 3. The molecule has 2 rings (SSSR count). The Labute approximate surface area is 132 Å². The average molecular weight is 312 g/mol. The minimum absolute atomic E-state index is 0.148. The van der Waals surface area contributed by atoms with Crippen LogP contribution >= 0.6 is 11.8 Å². The second kappa shape index (κ2) is 8.66. The molecular weight excluding hydrogens is 284 g/mol. The smallest absolute Gasteiger partial charge is 0.321 e. The lowest BCUT2D eigenvalue weighted by molar-refractivity contribution is -0.119. The molecule has 2 saturated carbocycles. The van der Waals surface area contributed by atoms with Crippen LogP contribution in [0.2, 0.25) is 0 Å². The van der Waals surface area contributed by atoms with E-state index in [-0.39, 0.29) is 23.2 Å². The van der Waals surface area contributed by atoms with E-state index in [1.807, 2.05) is 6.92 Å². The standard InChI is InChI=1S/C16H28N2O2S/c1-12(21-14-10-6-3-7-11-14)15(19)18-16(20)17-13-8-4-2-5-9-13/h12-14H,2-11H2,1H3,(H2,17,18,19,20). The maximum absolute atomic E-state index is 12.1. The van der Waals surface area contributed by atoms with Crippen molar-refractivity contribution in [3.63, 3.8) is 0 Å². The van der Waals surface area contributed by atoms with Crippen molar-refractivity contribution in [2.45, 2.75) is 87.7 Å². The van der Waals surface area contributed by atoms with Crippen molar-refractivity contribution in [3.05, 3.63) is 0 Å². The van der Waals surface area contributed by atoms with Gasteiger partial charge >= 0.3 is 6.03 Å². The van der Waals surface area contributed by atoms with E-state index >= 15 is 0 Å². The number of urea groups is 1. The summed E-state index contributed by atoms with van der Waals surface area (Å²) >= 11 is 1.72. The molecule has 0 aromatic rings. The highest BCUT2D eigenvalue weighted by atomic mass is 32.2. The van der Waals surface area contributed by atoms with Gasteiger partial charge in [-0.1, -0.05) is 38.5 Å². The van der Waals surface area contributed by atoms with Gasteiger partial charge in [0.2, 0.25) is 5.91 Å². The summed E-state index contributed by atoms with van der Waals surface area (Å²) in [7, 11) is 0. The number of rotatable bonds is 4. The Morgan fingerprint density at radius 1 is 0.952 bits per heavy atom. The van der Waals surface area contributed by atoms with Gasteiger partial charge in [0.15, 0.2) is 0 Å². The summed E-state index contributed by atoms with van der Waals surface area (Å²) in [4.78, 5) is 23.9. The SMILES string of the molecule is CC(SC1CCCCC1)C(=O)NC(=O)NC1CCCCC1. The molecule has 0 saturated heterocycles. The van der Waals surface area contributed by atoms with Crippen molar-refractivity contribution < 1.29 is 9.59 Å². The van der Waals surface area contributed by atoms with Gasteiger partial charge in [-0.15, -0.1) is 11.8 Å². The van der Waals surface area contributed by atoms with Crippen LogP contribution in [0.25, 0.3) is 0 Å². The Hall–Kier alpha value is -0.710. The lowest BCUT2D eigenvalue weighted by Crippen LogP contribution is -2.47. The number of hydrogen-bond donors (Lipinski definition) is 2. The van der Waals surface area contributed by atoms with Gasteiger partial charge in [0, 0.05) is 11.3 Å². The molecule has 2 aliphatic carbocycles. The molecule has 5 heteroatoms. The Kier molecular flexibility index (Phi) is 6.87. The van der Waals surface area contributed by atoms with Crippen molar-refractivity contribution in [1.82, 2.24) is 10.6 Å². The van der Waals surface area contributed by atoms with E-state index in [1.165, 1.54) is 51.4 Å². The molecule has 0 spiro atoms. The largest absolute Gasteiger partial charge is 0.335 e. The van der Waals surface area contributed by atoms with Crippen molar-refractivity contribution >= 4 is 23.7 Å². The highest BCUT2D eigenvalue weighted by Gasteiger charge is 2.23. The van der Waals surface area contributed by atoms with E-state index in [0.717, 1.165) is 12.8 Å². The van der Waals surface area contributed by atoms with Crippen LogP contribution in [0.1, 0.15) is 71.1 Å². The van der Waals surface area contributed by atoms with Gasteiger partial charge in [0.25, 0.3) is 0 Å². The zero-order valence-corrected chi connectivity index (χ0v) is 13.8. The second-order valence-corrected chi connectivity index (χ2v) is 7.98. The van der Waals surface area contributed by atoms with Gasteiger partial charge in [-0.25, -0.2) is 4.79 Å². The van der Waals surface area contributed by atoms with Crippen LogP contribution in [-0.2, 0) is 4.79 Å². The summed E-state index contributed by atoms with van der Waals surface area (Å²) in [6.07, 6.45) is 12.0. The molecular formula is C16H28N2O2S. The van der Waals surface area contributed by atoms with Crippen molar-refractivity contribution in [1.29, 1.82) is 0 Å². The Balaban J connectivity index is 1.67. The first-order valence-electron chi connectivity index (χ1n) is 8.42. The van der Waals surface area contributed by atoms with Crippen LogP contribution in [0.3, 0.4) is 0 Å². The molecule has 0 aromatic heterocycles. The van der Waals surface area contributed by atoms with E-state index in [1.54, 1.807) is 11.8 Å². The van der Waals surface area contributed by atoms with Crippen LogP contribution in [0.15, 0.2) is 0 Å². The first-order valence-corrected chi connectivity index (χ1v) is 9.36. The predicted octanol–water partition coefficient (Wildman–Crippen LogP) is 3.60. The summed E-state index contributed by atoms with van der Waals surface area (Å²) in [5.41, 5.74) is 0. The fourth-order valence-corrected chi connectivity index (χ4v) is 4.60. The second-order valence-electron chi connectivity index (χ2n) is 6.34. The molecule has 0 bridgehead atoms. The Morgan fingerprint density at radius 2 is 1.52 bits per heavy atom. The minimum Gasteiger partial charge on any atom is -0.335 e. The van der Waals surface area contributed by atoms with Crippen LogP contribution in [0.5, 0.6) is 0 Å². The van der Waals surface area contributed by atoms with E-state index in [4.69, 9.17) is 0 Å². The number of imide groups is 1. The molecule has 0 aromatic carbocycles. The zero-order chi connectivity index (χ0) is 15.1. The summed E-state index contributed by atoms with van der Waals surface area (Å²) in [5.74, 6) is -0.154. The molecule has 120 valence electrons. The summed E-state index contributed by atoms with van der Waals surface area (Å²) in [5, 5.41) is 5.87. The predicted molar refractivity (Wildman–Crippen MR) is 87.5 cm³/mol. The fourth-order valence-electron chi connectivity index (χ4n) is 3.23. The minimum atomic E-state index is -0.317. The Bertz CT molecular complexity index is 350. The third-order valence-electron chi connectivity index (χ3n) is 4.50. The van der Waals surface area contributed by atoms with Crippen molar-refractivity contribution in [2.75, 3.05) is 0 Å². The van der Waals surface area contributed by atoms with E-state index in [0.29, 0.717) is 5.25 Å². The fraction of sp³-hybridized carbons (Fsp3) is 0.875. The van der Waals surface area contributed by atoms with E-state index in [2.05, 4.69) is 10.6 Å². The topological polar surface area (TPSA) is 58.2 Å². The monoisotopic (exact) mass is 312 g/mol. The first-order chi connectivity index (χ1) is 10.1. The summed E-state index contributed by atoms with van der Waals surface area (Å²) in [6, 6.07) is -0.0733. The third kappa shape index (κ3) is 5.89. The number of hydrogen-bond acceptors (Lipinski definition) is 3. The lowest BCUT2D eigenvalue weighted by atomic mass is 9.96. The highest BCUT2D eigenvalue weighted by Crippen LogP contribution is 2.30. The molecule has 21 heavy (non-hydrogen) atoms. The maximum atomic E-state index is 12.1. The van der Waals surface area contributed by atoms with Crippen LogP contribution in [0.4, 0.5) is 4.79 Å². The molecule has 0 heterocycles. The number of carbonyl (C=O) groups excluding carboxylic acids is 2. The highest BCUT2D eigenvalue weighted by molar-refractivity contribution is 8.01. The molecule has 0 aliphatic heterocycles. The molecule has 2 fully saturated rings. The average Bonchev–Trinajstić information content (AvgIpc) is 2.49. The number of thioether (sulfide) groups is 1. The van der Waals surface area contributed by atoms with Gasteiger partial charge in [-0.3, -0.25) is 10.1 Å². The van der Waals surface area contributed by atoms with Crippen LogP contribution in [0, 0.1) is 0 Å². The lowest BCUT2D eigenvalue weighted by Gasteiger charge is -2.25. The van der Waals surface area contributed by atoms with Crippen molar-refractivity contribution in [3.8, 4) is 0 Å². The molecule has 1 unspecified atom stereocenters. The number of nitrogens with one attached hydrogen (secondary N) is 2. The van der Waals surface area contributed by atoms with Gasteiger partial charge in [-0.2, -0.15) is 0 Å². The first kappa shape index (κ1) is 16.7. The zero-order valence-electron chi connectivity index (χ0n) is 13.0. The van der Waals surface area contributed by atoms with Gasteiger partial charge < -0.3 is 5.32 Å². The van der Waals surface area contributed by atoms with Gasteiger partial charge in [-0.05, 0) is 32.6 Å². The molecule has 2 N–H and O–H groups in total. The molecule has 1 atom stereocenters. The van der Waals surface area contributed by atoms with E-state index < -0.39 is 0 Å². The molecule has 4 nitrogen and oxygen atoms in total. The molecule has 0 radical (unpaired) electrons. The van der Waals surface area contributed by atoms with Crippen LogP contribution in [-0.4, -0.2) is 28.5 Å². The normalized spacial score (nSPS) is 22.5. The maximum Gasteiger partial charge on any atom is 0.321 e. The van der Waals surface area contributed by atoms with Crippen LogP contribution < -0.4 is 10.6 Å². The summed E-state index contributed by atoms with van der Waals surface area (Å²) < 4.78 is 0. The summed E-state index contributed by atoms with van der Waals surface area (Å²) in [6.45, 7) is 1.91. The molecule has 2 aliphatic rings. The van der Waals surface area contributed by atoms with Gasteiger partial charge in [0.1, 0.15) is 0 Å². The van der Waals surface area contributed by atoms with E-state index in [9.17, 15) is 9.59 Å². The quantitative estimate of drug-likeness (QED) is 0.834. The third-order valence-corrected chi connectivity index (χ3v) is 5.97.